The molecule has 1 atom stereocenters. The van der Waals surface area contributed by atoms with Gasteiger partial charge in [0.1, 0.15) is 5.75 Å². The molecule has 0 fully saturated rings. The molecular weight excluding hydrogens is 214 g/mol. The lowest BCUT2D eigenvalue weighted by molar-refractivity contribution is 0.170. The quantitative estimate of drug-likeness (QED) is 0.753. The van der Waals surface area contributed by atoms with Crippen LogP contribution < -0.4 is 5.32 Å². The van der Waals surface area contributed by atoms with E-state index < -0.39 is 6.10 Å². The van der Waals surface area contributed by atoms with Crippen molar-refractivity contribution >= 4 is 0 Å². The molecule has 3 N–H and O–H groups in total. The Hall–Kier alpha value is -1.06. The first-order chi connectivity index (χ1) is 7.84. The fraction of sp³-hybridized carbons (Fsp3) is 0.571. The molecular formula is C14H23NO2. The van der Waals surface area contributed by atoms with Gasteiger partial charge in [-0.25, -0.2) is 0 Å². The SMILES string of the molecule is Cc1cc(C(O)CNC(C)C)c(C)c(C)c1O. The minimum Gasteiger partial charge on any atom is -0.507 e. The lowest BCUT2D eigenvalue weighted by atomic mass is 9.95. The number of nitrogens with one attached hydrogen (secondary N) is 1. The third-order valence-electron chi connectivity index (χ3n) is 3.17. The summed E-state index contributed by atoms with van der Waals surface area (Å²) in [6.45, 7) is 10.3. The summed E-state index contributed by atoms with van der Waals surface area (Å²) in [6.07, 6.45) is -0.532. The van der Waals surface area contributed by atoms with Crippen molar-refractivity contribution in [3.63, 3.8) is 0 Å². The van der Waals surface area contributed by atoms with Crippen LogP contribution in [0, 0.1) is 20.8 Å². The maximum Gasteiger partial charge on any atom is 0.121 e. The van der Waals surface area contributed by atoms with E-state index in [1.165, 1.54) is 0 Å². The van der Waals surface area contributed by atoms with Gasteiger partial charge in [0.25, 0.3) is 0 Å². The molecule has 1 unspecified atom stereocenters. The van der Waals surface area contributed by atoms with E-state index in [1.54, 1.807) is 0 Å². The Labute approximate surface area is 103 Å². The van der Waals surface area contributed by atoms with Crippen molar-refractivity contribution in [3.05, 3.63) is 28.3 Å². The fourth-order valence-electron chi connectivity index (χ4n) is 1.90. The lowest BCUT2D eigenvalue weighted by Gasteiger charge is -2.19. The monoisotopic (exact) mass is 237 g/mol. The molecule has 3 nitrogen and oxygen atoms in total. The van der Waals surface area contributed by atoms with Gasteiger partial charge in [0.05, 0.1) is 6.10 Å². The Morgan fingerprint density at radius 3 is 2.29 bits per heavy atom. The van der Waals surface area contributed by atoms with Crippen molar-refractivity contribution in [1.82, 2.24) is 5.32 Å². The summed E-state index contributed by atoms with van der Waals surface area (Å²) in [5.41, 5.74) is 3.52. The molecule has 1 rings (SSSR count). The number of aromatic hydroxyl groups is 1. The second kappa shape index (κ2) is 5.52. The number of hydrogen-bond acceptors (Lipinski definition) is 3. The van der Waals surface area contributed by atoms with Crippen molar-refractivity contribution in [2.75, 3.05) is 6.54 Å². The summed E-state index contributed by atoms with van der Waals surface area (Å²) in [5.74, 6) is 0.329. The molecule has 0 spiro atoms. The van der Waals surface area contributed by atoms with Crippen molar-refractivity contribution in [2.45, 2.75) is 46.8 Å². The molecule has 0 amide bonds. The zero-order chi connectivity index (χ0) is 13.2. The number of rotatable bonds is 4. The molecule has 96 valence electrons. The Morgan fingerprint density at radius 1 is 1.18 bits per heavy atom. The van der Waals surface area contributed by atoms with Crippen LogP contribution in [-0.4, -0.2) is 22.8 Å². The van der Waals surface area contributed by atoms with Crippen LogP contribution in [0.1, 0.15) is 42.2 Å². The molecule has 0 heterocycles. The first kappa shape index (κ1) is 14.0. The predicted octanol–water partition coefficient (Wildman–Crippen LogP) is 2.35. The number of aliphatic hydroxyl groups excluding tert-OH is 1. The van der Waals surface area contributed by atoms with E-state index >= 15 is 0 Å². The number of phenolic OH excluding ortho intramolecular Hbond substituents is 1. The van der Waals surface area contributed by atoms with Gasteiger partial charge in [-0.3, -0.25) is 0 Å². The van der Waals surface area contributed by atoms with Gasteiger partial charge in [0, 0.05) is 12.6 Å². The highest BCUT2D eigenvalue weighted by atomic mass is 16.3. The first-order valence-electron chi connectivity index (χ1n) is 6.05. The molecule has 0 aromatic heterocycles. The average Bonchev–Trinajstić information content (AvgIpc) is 2.28. The average molecular weight is 237 g/mol. The van der Waals surface area contributed by atoms with Gasteiger partial charge in [-0.05, 0) is 49.1 Å². The lowest BCUT2D eigenvalue weighted by Crippen LogP contribution is -2.28. The van der Waals surface area contributed by atoms with Crippen molar-refractivity contribution in [2.24, 2.45) is 0 Å². The topological polar surface area (TPSA) is 52.5 Å². The predicted molar refractivity (Wildman–Crippen MR) is 70.4 cm³/mol. The summed E-state index contributed by atoms with van der Waals surface area (Å²) in [4.78, 5) is 0. The van der Waals surface area contributed by atoms with Gasteiger partial charge >= 0.3 is 0 Å². The van der Waals surface area contributed by atoms with E-state index in [4.69, 9.17) is 0 Å². The third kappa shape index (κ3) is 3.20. The zero-order valence-corrected chi connectivity index (χ0v) is 11.3. The molecule has 1 aromatic carbocycles. The van der Waals surface area contributed by atoms with Crippen LogP contribution in [0.2, 0.25) is 0 Å². The molecule has 0 bridgehead atoms. The molecule has 0 saturated carbocycles. The van der Waals surface area contributed by atoms with Crippen molar-refractivity contribution < 1.29 is 10.2 Å². The normalized spacial score (nSPS) is 13.1. The number of aliphatic hydroxyl groups is 1. The van der Waals surface area contributed by atoms with E-state index in [1.807, 2.05) is 40.7 Å². The van der Waals surface area contributed by atoms with Crippen LogP contribution in [-0.2, 0) is 0 Å². The maximum absolute atomic E-state index is 10.1. The number of benzene rings is 1. The first-order valence-corrected chi connectivity index (χ1v) is 6.05. The Bertz CT molecular complexity index is 400. The van der Waals surface area contributed by atoms with Crippen LogP contribution in [0.3, 0.4) is 0 Å². The Balaban J connectivity index is 2.98. The fourth-order valence-corrected chi connectivity index (χ4v) is 1.90. The molecule has 1 aromatic rings. The van der Waals surface area contributed by atoms with Crippen molar-refractivity contribution in [3.8, 4) is 5.75 Å². The maximum atomic E-state index is 10.1. The Morgan fingerprint density at radius 2 is 1.76 bits per heavy atom. The largest absolute Gasteiger partial charge is 0.507 e. The van der Waals surface area contributed by atoms with Crippen LogP contribution in [0.25, 0.3) is 0 Å². The van der Waals surface area contributed by atoms with Crippen LogP contribution >= 0.6 is 0 Å². The van der Waals surface area contributed by atoms with Gasteiger partial charge < -0.3 is 15.5 Å². The second-order valence-corrected chi connectivity index (χ2v) is 4.96. The highest BCUT2D eigenvalue weighted by molar-refractivity contribution is 5.48. The van der Waals surface area contributed by atoms with E-state index in [-0.39, 0.29) is 0 Å². The molecule has 17 heavy (non-hydrogen) atoms. The van der Waals surface area contributed by atoms with E-state index in [2.05, 4.69) is 5.32 Å². The molecule has 3 heteroatoms. The molecule has 0 radical (unpaired) electrons. The van der Waals surface area contributed by atoms with Crippen LogP contribution in [0.4, 0.5) is 0 Å². The summed E-state index contributed by atoms with van der Waals surface area (Å²) < 4.78 is 0. The minimum atomic E-state index is -0.532. The summed E-state index contributed by atoms with van der Waals surface area (Å²) in [6, 6.07) is 2.22. The van der Waals surface area contributed by atoms with Gasteiger partial charge in [0.15, 0.2) is 0 Å². The number of phenols is 1. The minimum absolute atomic E-state index is 0.329. The van der Waals surface area contributed by atoms with Crippen molar-refractivity contribution in [1.29, 1.82) is 0 Å². The smallest absolute Gasteiger partial charge is 0.121 e. The third-order valence-corrected chi connectivity index (χ3v) is 3.17. The van der Waals surface area contributed by atoms with Gasteiger partial charge in [0.2, 0.25) is 0 Å². The molecule has 0 saturated heterocycles. The van der Waals surface area contributed by atoms with Gasteiger partial charge in [-0.15, -0.1) is 0 Å². The Kier molecular flexibility index (Phi) is 4.54. The van der Waals surface area contributed by atoms with Gasteiger partial charge in [-0.1, -0.05) is 13.8 Å². The summed E-state index contributed by atoms with van der Waals surface area (Å²) in [7, 11) is 0. The van der Waals surface area contributed by atoms with Gasteiger partial charge in [-0.2, -0.15) is 0 Å². The molecule has 0 aliphatic heterocycles. The van der Waals surface area contributed by atoms with E-state index in [0.29, 0.717) is 18.3 Å². The number of hydrogen-bond donors (Lipinski definition) is 3. The van der Waals surface area contributed by atoms with E-state index in [0.717, 1.165) is 22.3 Å². The summed E-state index contributed by atoms with van der Waals surface area (Å²) in [5, 5.41) is 23.2. The molecule has 0 aliphatic carbocycles. The standard InChI is InChI=1S/C14H23NO2/c1-8(2)15-7-13(16)12-6-9(3)14(17)11(5)10(12)4/h6,8,13,15-17H,7H2,1-5H3. The van der Waals surface area contributed by atoms with E-state index in [9.17, 15) is 10.2 Å². The zero-order valence-electron chi connectivity index (χ0n) is 11.3. The number of aryl methyl sites for hydroxylation is 1. The summed E-state index contributed by atoms with van der Waals surface area (Å²) >= 11 is 0. The van der Waals surface area contributed by atoms with Crippen LogP contribution in [0.5, 0.6) is 5.75 Å². The highest BCUT2D eigenvalue weighted by Crippen LogP contribution is 2.30. The highest BCUT2D eigenvalue weighted by Gasteiger charge is 2.15. The second-order valence-electron chi connectivity index (χ2n) is 4.96. The molecule has 0 aliphatic rings. The van der Waals surface area contributed by atoms with Crippen LogP contribution in [0.15, 0.2) is 6.07 Å².